The maximum Gasteiger partial charge on any atom is 0.306 e. The van der Waals surface area contributed by atoms with E-state index in [1.165, 1.54) is 83.5 Å². The van der Waals surface area contributed by atoms with Crippen LogP contribution in [0, 0.1) is 0 Å². The first kappa shape index (κ1) is 58.7. The molecule has 0 aromatic rings. The Bertz CT molecular complexity index is 1240. The van der Waals surface area contributed by atoms with Gasteiger partial charge in [0, 0.05) is 12.8 Å². The van der Waals surface area contributed by atoms with Gasteiger partial charge in [-0.05, 0) is 64.2 Å². The van der Waals surface area contributed by atoms with E-state index >= 15 is 0 Å². The van der Waals surface area contributed by atoms with E-state index in [9.17, 15) is 24.2 Å². The van der Waals surface area contributed by atoms with Crippen LogP contribution in [-0.4, -0.2) is 81.2 Å². The number of quaternary nitrogens is 1. The van der Waals surface area contributed by atoms with Crippen molar-refractivity contribution in [2.24, 2.45) is 0 Å². The predicted octanol–water partition coefficient (Wildman–Crippen LogP) is 12.4. The van der Waals surface area contributed by atoms with Crippen LogP contribution in [-0.2, 0) is 32.7 Å². The fraction of sp³-hybridized carbons (Fsp3) is 0.760. The summed E-state index contributed by atoms with van der Waals surface area (Å²) in [5.41, 5.74) is 0. The number of carbonyl (C=O) groups excluding carboxylic acids is 2. The summed E-state index contributed by atoms with van der Waals surface area (Å²) in [6.45, 7) is 4.02. The molecule has 0 saturated heterocycles. The number of hydrogen-bond acceptors (Lipinski definition) is 9. The summed E-state index contributed by atoms with van der Waals surface area (Å²) in [5, 5.41) is 9.91. The number of aliphatic hydroxyl groups is 1. The number of allylic oxidation sites excluding steroid dienone is 9. The lowest BCUT2D eigenvalue weighted by Gasteiger charge is -2.28. The fourth-order valence-corrected chi connectivity index (χ4v) is 7.01. The van der Waals surface area contributed by atoms with Crippen molar-refractivity contribution < 1.29 is 47.2 Å². The molecule has 0 heterocycles. The van der Waals surface area contributed by atoms with Gasteiger partial charge in [-0.1, -0.05) is 171 Å². The minimum absolute atomic E-state index is 0.0492. The van der Waals surface area contributed by atoms with Crippen LogP contribution in [0.3, 0.4) is 0 Å². The molecule has 0 fully saturated rings. The zero-order valence-corrected chi connectivity index (χ0v) is 40.4. The standard InChI is InChI=1S/C50H90NO9P/c1-6-8-10-11-12-13-14-15-16-17-18-19-20-21-24-28-31-34-38-42-50(54)60-48(46-59-61(55,56)58-44-43-51(3,4)5)45-57-49(53)41-37-33-30-27-25-22-23-26-29-32-36-40-47(52)39-35-9-7-2/h15-16,22-23,27,29-30,32,36,40,47-48,52H,6-14,17-21,24-26,28,31,33-35,37-39,41-46H2,1-5H3/b16-15-,23-22-,30-27-,32-29-,40-36+/t47-,48-/m1/s1. The van der Waals surface area contributed by atoms with Crippen LogP contribution in [0.2, 0.25) is 0 Å². The molecule has 0 aliphatic heterocycles. The van der Waals surface area contributed by atoms with E-state index in [4.69, 9.17) is 18.5 Å². The minimum atomic E-state index is -4.65. The molecule has 0 aromatic carbocycles. The molecule has 11 heteroatoms. The molecule has 10 nitrogen and oxygen atoms in total. The maximum atomic E-state index is 12.7. The SMILES string of the molecule is CCCCCCCC/C=C\CCCCCCCCCCCC(=O)O[C@H](COC(=O)CCC/C=C\C/C=C\C/C=C\C=C\[C@H](O)CCCCC)COP(=O)([O-])OCC[N+](C)(C)C. The molecule has 3 atom stereocenters. The van der Waals surface area contributed by atoms with Crippen molar-refractivity contribution in [2.75, 3.05) is 47.5 Å². The van der Waals surface area contributed by atoms with Gasteiger partial charge in [0.25, 0.3) is 7.82 Å². The second-order valence-corrected chi connectivity index (χ2v) is 18.7. The molecule has 1 unspecified atom stereocenters. The van der Waals surface area contributed by atoms with Crippen molar-refractivity contribution >= 4 is 19.8 Å². The van der Waals surface area contributed by atoms with E-state index in [1.807, 2.05) is 57.6 Å². The van der Waals surface area contributed by atoms with Gasteiger partial charge in [0.15, 0.2) is 6.10 Å². The van der Waals surface area contributed by atoms with Crippen LogP contribution in [0.4, 0.5) is 0 Å². The summed E-state index contributed by atoms with van der Waals surface area (Å²) in [5.74, 6) is -0.929. The van der Waals surface area contributed by atoms with Crippen LogP contribution >= 0.6 is 7.82 Å². The van der Waals surface area contributed by atoms with E-state index in [-0.39, 0.29) is 32.2 Å². The molecule has 0 saturated carbocycles. The van der Waals surface area contributed by atoms with E-state index < -0.39 is 32.5 Å². The monoisotopic (exact) mass is 880 g/mol. The molecule has 61 heavy (non-hydrogen) atoms. The highest BCUT2D eigenvalue weighted by Crippen LogP contribution is 2.38. The second-order valence-electron chi connectivity index (χ2n) is 17.3. The highest BCUT2D eigenvalue weighted by atomic mass is 31.2. The van der Waals surface area contributed by atoms with Gasteiger partial charge in [0.1, 0.15) is 19.8 Å². The molecular weight excluding hydrogens is 790 g/mol. The molecule has 0 bridgehead atoms. The Morgan fingerprint density at radius 1 is 0.607 bits per heavy atom. The first-order valence-electron chi connectivity index (χ1n) is 24.1. The maximum absolute atomic E-state index is 12.7. The Balaban J connectivity index is 4.43. The molecule has 0 radical (unpaired) electrons. The van der Waals surface area contributed by atoms with Gasteiger partial charge >= 0.3 is 11.9 Å². The molecule has 0 aromatic heterocycles. The third-order valence-corrected chi connectivity index (χ3v) is 11.1. The molecule has 354 valence electrons. The Labute approximate surface area is 373 Å². The van der Waals surface area contributed by atoms with Crippen molar-refractivity contribution in [2.45, 2.75) is 199 Å². The number of esters is 2. The number of rotatable bonds is 43. The van der Waals surface area contributed by atoms with Crippen molar-refractivity contribution in [3.05, 3.63) is 60.8 Å². The number of ether oxygens (including phenoxy) is 2. The first-order chi connectivity index (χ1) is 29.4. The Morgan fingerprint density at radius 2 is 1.11 bits per heavy atom. The lowest BCUT2D eigenvalue weighted by atomic mass is 10.1. The van der Waals surface area contributed by atoms with Crippen LogP contribution < -0.4 is 4.89 Å². The van der Waals surface area contributed by atoms with Crippen LogP contribution in [0.5, 0.6) is 0 Å². The second kappa shape index (κ2) is 41.7. The average Bonchev–Trinajstić information content (AvgIpc) is 3.21. The molecule has 0 spiro atoms. The number of nitrogens with zero attached hydrogens (tertiary/aromatic N) is 1. The van der Waals surface area contributed by atoms with E-state index in [2.05, 4.69) is 38.2 Å². The van der Waals surface area contributed by atoms with E-state index in [1.54, 1.807) is 0 Å². The Hall–Kier alpha value is -2.33. The van der Waals surface area contributed by atoms with Crippen molar-refractivity contribution in [1.29, 1.82) is 0 Å². The number of hydrogen-bond donors (Lipinski definition) is 1. The van der Waals surface area contributed by atoms with Gasteiger partial charge in [-0.2, -0.15) is 0 Å². The zero-order valence-electron chi connectivity index (χ0n) is 39.5. The zero-order chi connectivity index (χ0) is 45.1. The topological polar surface area (TPSA) is 131 Å². The fourth-order valence-electron chi connectivity index (χ4n) is 6.28. The third kappa shape index (κ3) is 45.5. The minimum Gasteiger partial charge on any atom is -0.756 e. The normalized spacial score (nSPS) is 14.5. The largest absolute Gasteiger partial charge is 0.756 e. The summed E-state index contributed by atoms with van der Waals surface area (Å²) in [4.78, 5) is 37.6. The lowest BCUT2D eigenvalue weighted by molar-refractivity contribution is -0.870. The highest BCUT2D eigenvalue weighted by Gasteiger charge is 2.21. The predicted molar refractivity (Wildman–Crippen MR) is 251 cm³/mol. The number of unbranched alkanes of at least 4 members (excludes halogenated alkanes) is 18. The number of likely N-dealkylation sites (N-methyl/N-ethyl adjacent to an activating group) is 1. The number of phosphoric ester groups is 1. The van der Waals surface area contributed by atoms with Gasteiger partial charge in [-0.3, -0.25) is 14.2 Å². The number of aliphatic hydroxyl groups excluding tert-OH is 1. The molecular formula is C50H90NO9P. The van der Waals surface area contributed by atoms with Crippen LogP contribution in [0.15, 0.2) is 60.8 Å². The van der Waals surface area contributed by atoms with Gasteiger partial charge < -0.3 is 33.0 Å². The molecule has 0 aliphatic rings. The lowest BCUT2D eigenvalue weighted by Crippen LogP contribution is -2.37. The number of phosphoric acid groups is 1. The first-order valence-corrected chi connectivity index (χ1v) is 25.6. The van der Waals surface area contributed by atoms with Gasteiger partial charge in [0.2, 0.25) is 0 Å². The van der Waals surface area contributed by atoms with E-state index in [0.717, 1.165) is 57.8 Å². The van der Waals surface area contributed by atoms with Crippen molar-refractivity contribution in [1.82, 2.24) is 0 Å². The van der Waals surface area contributed by atoms with Gasteiger partial charge in [0.05, 0.1) is 33.9 Å². The van der Waals surface area contributed by atoms with Crippen LogP contribution in [0.25, 0.3) is 0 Å². The highest BCUT2D eigenvalue weighted by molar-refractivity contribution is 7.45. The summed E-state index contributed by atoms with van der Waals surface area (Å²) in [6.07, 6.45) is 47.2. The summed E-state index contributed by atoms with van der Waals surface area (Å²) in [6, 6.07) is 0. The van der Waals surface area contributed by atoms with Gasteiger partial charge in [-0.15, -0.1) is 0 Å². The quantitative estimate of drug-likeness (QED) is 0.0159. The van der Waals surface area contributed by atoms with Crippen LogP contribution in [0.1, 0.15) is 187 Å². The Kier molecular flexibility index (Phi) is 40.1. The molecule has 0 aliphatic carbocycles. The summed E-state index contributed by atoms with van der Waals surface area (Å²) in [7, 11) is 1.10. The Morgan fingerprint density at radius 3 is 1.74 bits per heavy atom. The smallest absolute Gasteiger partial charge is 0.306 e. The summed E-state index contributed by atoms with van der Waals surface area (Å²) >= 11 is 0. The van der Waals surface area contributed by atoms with Crippen molar-refractivity contribution in [3.63, 3.8) is 0 Å². The average molecular weight is 880 g/mol. The van der Waals surface area contributed by atoms with E-state index in [0.29, 0.717) is 30.3 Å². The van der Waals surface area contributed by atoms with Crippen molar-refractivity contribution in [3.8, 4) is 0 Å². The van der Waals surface area contributed by atoms with Gasteiger partial charge in [-0.25, -0.2) is 0 Å². The third-order valence-electron chi connectivity index (χ3n) is 10.1. The molecule has 0 rings (SSSR count). The molecule has 0 amide bonds. The number of carbonyl (C=O) groups is 2. The molecule has 1 N–H and O–H groups in total. The summed E-state index contributed by atoms with van der Waals surface area (Å²) < 4.78 is 33.9.